The lowest BCUT2D eigenvalue weighted by atomic mass is 10.1. The van der Waals surface area contributed by atoms with E-state index in [0.717, 1.165) is 33.5 Å². The minimum absolute atomic E-state index is 0.00578. The molecule has 0 fully saturated rings. The number of carboxylic acid groups (broad SMARTS) is 1. The molecule has 3 heterocycles. The molecular weight excluding hydrogens is 396 g/mol. The summed E-state index contributed by atoms with van der Waals surface area (Å²) in [5, 5.41) is 13.6. The molecule has 1 atom stereocenters. The summed E-state index contributed by atoms with van der Waals surface area (Å²) in [6.07, 6.45) is -3.57. The molecule has 0 amide bonds. The van der Waals surface area contributed by atoms with E-state index in [0.29, 0.717) is 12.8 Å². The Morgan fingerprint density at radius 1 is 1.28 bits per heavy atom. The van der Waals surface area contributed by atoms with Gasteiger partial charge in [0.2, 0.25) is 0 Å². The smallest absolute Gasteiger partial charge is 0.433 e. The minimum Gasteiger partial charge on any atom is -0.480 e. The van der Waals surface area contributed by atoms with E-state index >= 15 is 0 Å². The Kier molecular flexibility index (Phi) is 4.39. The normalized spacial score (nSPS) is 16.8. The van der Waals surface area contributed by atoms with Crippen LogP contribution in [0.4, 0.5) is 17.6 Å². The van der Waals surface area contributed by atoms with Crippen LogP contribution < -0.4 is 5.69 Å². The van der Waals surface area contributed by atoms with Crippen molar-refractivity contribution in [1.29, 1.82) is 0 Å². The Hall–Kier alpha value is -3.24. The summed E-state index contributed by atoms with van der Waals surface area (Å²) in [6, 6.07) is 2.85. The number of aryl methyl sites for hydroxylation is 1. The number of benzene rings is 1. The molecule has 0 bridgehead atoms. The van der Waals surface area contributed by atoms with E-state index in [-0.39, 0.29) is 35.3 Å². The maximum atomic E-state index is 13.7. The molecule has 29 heavy (non-hydrogen) atoms. The Labute approximate surface area is 160 Å². The monoisotopic (exact) mass is 410 g/mol. The Balaban J connectivity index is 1.86. The number of rotatable bonds is 3. The molecule has 0 saturated heterocycles. The molecule has 4 rings (SSSR count). The molecule has 7 nitrogen and oxygen atoms in total. The molecule has 11 heteroatoms. The van der Waals surface area contributed by atoms with Gasteiger partial charge >= 0.3 is 17.8 Å². The van der Waals surface area contributed by atoms with Crippen LogP contribution >= 0.6 is 0 Å². The number of hydrogen-bond donors (Lipinski definition) is 1. The van der Waals surface area contributed by atoms with Gasteiger partial charge in [0.15, 0.2) is 0 Å². The van der Waals surface area contributed by atoms with Gasteiger partial charge in [0.05, 0.1) is 12.1 Å². The molecule has 1 aliphatic heterocycles. The van der Waals surface area contributed by atoms with E-state index < -0.39 is 35.4 Å². The van der Waals surface area contributed by atoms with Crippen LogP contribution in [0, 0.1) is 5.82 Å². The number of nitrogens with zero attached hydrogens (tertiary/aromatic N) is 4. The van der Waals surface area contributed by atoms with Crippen molar-refractivity contribution in [2.24, 2.45) is 0 Å². The molecule has 0 radical (unpaired) electrons. The average molecular weight is 410 g/mol. The minimum atomic E-state index is -4.73. The van der Waals surface area contributed by atoms with Crippen LogP contribution in [-0.2, 0) is 23.9 Å². The van der Waals surface area contributed by atoms with Gasteiger partial charge < -0.3 is 5.11 Å². The van der Waals surface area contributed by atoms with E-state index in [1.807, 2.05) is 0 Å². The van der Waals surface area contributed by atoms with Crippen molar-refractivity contribution >= 4 is 16.9 Å². The van der Waals surface area contributed by atoms with Crippen LogP contribution in [0.1, 0.15) is 36.0 Å². The van der Waals surface area contributed by atoms with Gasteiger partial charge in [-0.2, -0.15) is 18.3 Å². The first-order chi connectivity index (χ1) is 13.6. The summed E-state index contributed by atoms with van der Waals surface area (Å²) in [6.45, 7) is -0.378. The molecule has 1 N–H and O–H groups in total. The zero-order valence-electron chi connectivity index (χ0n) is 14.8. The highest BCUT2D eigenvalue weighted by atomic mass is 19.4. The highest BCUT2D eigenvalue weighted by molar-refractivity contribution is 5.82. The molecule has 0 spiro atoms. The number of halogens is 4. The number of hydrogen-bond acceptors (Lipinski definition) is 4. The lowest BCUT2D eigenvalue weighted by molar-refractivity contribution is -0.142. The van der Waals surface area contributed by atoms with Gasteiger partial charge in [-0.05, 0) is 42.7 Å². The van der Waals surface area contributed by atoms with Gasteiger partial charge in [0.1, 0.15) is 23.4 Å². The molecule has 1 aromatic carbocycles. The first-order valence-corrected chi connectivity index (χ1v) is 8.72. The fourth-order valence-electron chi connectivity index (χ4n) is 3.57. The second kappa shape index (κ2) is 6.68. The first-order valence-electron chi connectivity index (χ1n) is 8.72. The SMILES string of the molecule is O=C(O)[C@@H]1CCCc2nn(Cc3cc(C(F)(F)F)nc4ccc(F)cc34)c(=O)n21. The number of alkyl halides is 3. The van der Waals surface area contributed by atoms with Gasteiger partial charge in [-0.25, -0.2) is 23.6 Å². The van der Waals surface area contributed by atoms with Crippen LogP contribution in [0.25, 0.3) is 10.9 Å². The zero-order chi connectivity index (χ0) is 20.9. The summed E-state index contributed by atoms with van der Waals surface area (Å²) < 4.78 is 55.3. The third-order valence-electron chi connectivity index (χ3n) is 4.88. The van der Waals surface area contributed by atoms with Crippen molar-refractivity contribution in [3.63, 3.8) is 0 Å². The molecule has 0 saturated carbocycles. The first kappa shape index (κ1) is 19.1. The standard InChI is InChI=1S/C18H14F4N4O3/c19-10-4-5-12-11(7-10)9(6-14(23-12)18(20,21)22)8-25-17(29)26-13(16(27)28)2-1-3-15(26)24-25/h4-7,13H,1-3,8H2,(H,27,28)/t13-/m0/s1. The molecule has 0 aliphatic carbocycles. The number of pyridine rings is 1. The Bertz CT molecular complexity index is 1180. The van der Waals surface area contributed by atoms with Crippen molar-refractivity contribution < 1.29 is 27.5 Å². The van der Waals surface area contributed by atoms with Gasteiger partial charge in [0, 0.05) is 11.8 Å². The summed E-state index contributed by atoms with van der Waals surface area (Å²) in [5.74, 6) is -1.58. The van der Waals surface area contributed by atoms with E-state index in [4.69, 9.17) is 0 Å². The Morgan fingerprint density at radius 2 is 2.03 bits per heavy atom. The number of fused-ring (bicyclic) bond motifs is 2. The predicted molar refractivity (Wildman–Crippen MR) is 91.9 cm³/mol. The largest absolute Gasteiger partial charge is 0.480 e. The van der Waals surface area contributed by atoms with Crippen molar-refractivity contribution in [2.45, 2.75) is 38.0 Å². The van der Waals surface area contributed by atoms with Gasteiger partial charge in [0.25, 0.3) is 0 Å². The topological polar surface area (TPSA) is 90.0 Å². The highest BCUT2D eigenvalue weighted by Crippen LogP contribution is 2.31. The van der Waals surface area contributed by atoms with E-state index in [1.54, 1.807) is 0 Å². The molecule has 3 aromatic rings. The quantitative estimate of drug-likeness (QED) is 0.671. The average Bonchev–Trinajstić information content (AvgIpc) is 2.97. The van der Waals surface area contributed by atoms with Crippen LogP contribution in [0.2, 0.25) is 0 Å². The second-order valence-corrected chi connectivity index (χ2v) is 6.80. The van der Waals surface area contributed by atoms with Gasteiger partial charge in [-0.15, -0.1) is 0 Å². The second-order valence-electron chi connectivity index (χ2n) is 6.80. The van der Waals surface area contributed by atoms with Crippen LogP contribution in [0.15, 0.2) is 29.1 Å². The molecule has 1 aliphatic rings. The third kappa shape index (κ3) is 3.36. The maximum absolute atomic E-state index is 13.7. The summed E-state index contributed by atoms with van der Waals surface area (Å²) >= 11 is 0. The fourth-order valence-corrected chi connectivity index (χ4v) is 3.57. The van der Waals surface area contributed by atoms with Crippen LogP contribution in [0.5, 0.6) is 0 Å². The van der Waals surface area contributed by atoms with Crippen LogP contribution in [0.3, 0.4) is 0 Å². The zero-order valence-corrected chi connectivity index (χ0v) is 14.8. The summed E-state index contributed by atoms with van der Waals surface area (Å²) in [4.78, 5) is 27.7. The number of carboxylic acids is 1. The van der Waals surface area contributed by atoms with Gasteiger partial charge in [-0.1, -0.05) is 0 Å². The lowest BCUT2D eigenvalue weighted by Gasteiger charge is -2.19. The number of carbonyl (C=O) groups is 1. The molecule has 0 unspecified atom stereocenters. The number of aliphatic carboxylic acids is 1. The lowest BCUT2D eigenvalue weighted by Crippen LogP contribution is -2.34. The van der Waals surface area contributed by atoms with Crippen LogP contribution in [-0.4, -0.2) is 30.4 Å². The maximum Gasteiger partial charge on any atom is 0.433 e. The third-order valence-corrected chi connectivity index (χ3v) is 4.88. The van der Waals surface area contributed by atoms with Gasteiger partial charge in [-0.3, -0.25) is 4.57 Å². The molecule has 2 aromatic heterocycles. The van der Waals surface area contributed by atoms with E-state index in [2.05, 4.69) is 10.1 Å². The van der Waals surface area contributed by atoms with Crippen molar-refractivity contribution in [3.05, 3.63) is 57.6 Å². The Morgan fingerprint density at radius 3 is 2.72 bits per heavy atom. The van der Waals surface area contributed by atoms with Crippen molar-refractivity contribution in [2.75, 3.05) is 0 Å². The fraction of sp³-hybridized carbons (Fsp3) is 0.333. The van der Waals surface area contributed by atoms with Crippen molar-refractivity contribution in [1.82, 2.24) is 19.3 Å². The van der Waals surface area contributed by atoms with E-state index in [1.165, 1.54) is 0 Å². The van der Waals surface area contributed by atoms with E-state index in [9.17, 15) is 32.3 Å². The highest BCUT2D eigenvalue weighted by Gasteiger charge is 2.34. The summed E-state index contributed by atoms with van der Waals surface area (Å²) in [7, 11) is 0. The molecule has 152 valence electrons. The predicted octanol–water partition coefficient (Wildman–Crippen LogP) is 2.76. The molecular formula is C18H14F4N4O3. The van der Waals surface area contributed by atoms with Crippen molar-refractivity contribution in [3.8, 4) is 0 Å². The number of aromatic nitrogens is 4. The summed E-state index contributed by atoms with van der Waals surface area (Å²) in [5.41, 5.74) is -1.98.